The van der Waals surface area contributed by atoms with Crippen LogP contribution in [0.15, 0.2) is 29.4 Å². The second-order valence-electron chi connectivity index (χ2n) is 3.84. The third kappa shape index (κ3) is 2.29. The molecule has 4 nitrogen and oxygen atoms in total. The third-order valence-corrected chi connectivity index (χ3v) is 2.68. The van der Waals surface area contributed by atoms with Crippen LogP contribution in [0.3, 0.4) is 0 Å². The number of hydrogen-bond acceptors (Lipinski definition) is 2. The molecule has 1 aromatic carbocycles. The molecule has 2 rings (SSSR count). The minimum Gasteiger partial charge on any atom is -0.375 e. The van der Waals surface area contributed by atoms with E-state index in [9.17, 15) is 0 Å². The second kappa shape index (κ2) is 4.55. The zero-order chi connectivity index (χ0) is 12.4. The molecule has 0 aliphatic carbocycles. The molecule has 0 bridgehead atoms. The van der Waals surface area contributed by atoms with Crippen LogP contribution in [0, 0.1) is 6.92 Å². The van der Waals surface area contributed by atoms with E-state index >= 15 is 0 Å². The molecule has 1 heterocycles. The van der Waals surface area contributed by atoms with Crippen molar-refractivity contribution >= 4 is 33.9 Å². The summed E-state index contributed by atoms with van der Waals surface area (Å²) >= 11 is 4.72. The molecule has 0 amide bonds. The van der Waals surface area contributed by atoms with Gasteiger partial charge in [0.25, 0.3) is 0 Å². The van der Waals surface area contributed by atoms with Crippen molar-refractivity contribution in [1.29, 1.82) is 0 Å². The fourth-order valence-electron chi connectivity index (χ4n) is 1.94. The van der Waals surface area contributed by atoms with Crippen LogP contribution in [-0.2, 0) is 0 Å². The first-order valence-electron chi connectivity index (χ1n) is 5.27. The molecule has 1 aromatic heterocycles. The molecule has 2 aromatic rings. The van der Waals surface area contributed by atoms with Crippen molar-refractivity contribution in [2.45, 2.75) is 13.8 Å². The highest BCUT2D eigenvalue weighted by Gasteiger charge is 2.10. The van der Waals surface area contributed by atoms with Gasteiger partial charge in [-0.2, -0.15) is 5.10 Å². The number of fused-ring (bicyclic) bond motifs is 1. The van der Waals surface area contributed by atoms with Crippen molar-refractivity contribution in [3.05, 3.63) is 35.5 Å². The Hall–Kier alpha value is -1.88. The molecule has 5 heteroatoms. The van der Waals surface area contributed by atoms with Crippen LogP contribution in [0.2, 0.25) is 0 Å². The molecule has 0 radical (unpaired) electrons. The van der Waals surface area contributed by atoms with Gasteiger partial charge in [-0.05, 0) is 32.1 Å². The lowest BCUT2D eigenvalue weighted by Crippen LogP contribution is -2.25. The number of H-pyrrole nitrogens is 1. The number of aromatic nitrogens is 1. The Kier molecular flexibility index (Phi) is 3.10. The summed E-state index contributed by atoms with van der Waals surface area (Å²) in [4.78, 5) is 3.32. The first kappa shape index (κ1) is 11.6. The summed E-state index contributed by atoms with van der Waals surface area (Å²) in [5.41, 5.74) is 12.1. The predicted octanol–water partition coefficient (Wildman–Crippen LogP) is 2.03. The second-order valence-corrected chi connectivity index (χ2v) is 4.28. The van der Waals surface area contributed by atoms with Gasteiger partial charge in [0.2, 0.25) is 0 Å². The SMILES string of the molecule is CC(=NNC(N)=S)c1c(C)[nH]c2ccccc12. The Labute approximate surface area is 105 Å². The highest BCUT2D eigenvalue weighted by Crippen LogP contribution is 2.22. The lowest BCUT2D eigenvalue weighted by atomic mass is 10.1. The summed E-state index contributed by atoms with van der Waals surface area (Å²) in [5, 5.41) is 5.47. The fourth-order valence-corrected chi connectivity index (χ4v) is 1.98. The van der Waals surface area contributed by atoms with E-state index in [0.717, 1.165) is 27.9 Å². The van der Waals surface area contributed by atoms with Crippen LogP contribution in [0.4, 0.5) is 0 Å². The normalized spacial score (nSPS) is 11.8. The average Bonchev–Trinajstić information content (AvgIpc) is 2.61. The number of benzene rings is 1. The molecule has 0 fully saturated rings. The molecule has 17 heavy (non-hydrogen) atoms. The number of thiocarbonyl (C=S) groups is 1. The van der Waals surface area contributed by atoms with E-state index in [0.29, 0.717) is 0 Å². The highest BCUT2D eigenvalue weighted by atomic mass is 32.1. The van der Waals surface area contributed by atoms with Crippen molar-refractivity contribution < 1.29 is 0 Å². The van der Waals surface area contributed by atoms with Crippen molar-refractivity contribution in [2.75, 3.05) is 0 Å². The van der Waals surface area contributed by atoms with Gasteiger partial charge < -0.3 is 10.7 Å². The fraction of sp³-hybridized carbons (Fsp3) is 0.167. The number of nitrogens with two attached hydrogens (primary N) is 1. The van der Waals surface area contributed by atoms with E-state index in [4.69, 9.17) is 18.0 Å². The highest BCUT2D eigenvalue weighted by molar-refractivity contribution is 7.80. The number of aryl methyl sites for hydroxylation is 1. The van der Waals surface area contributed by atoms with E-state index in [2.05, 4.69) is 21.6 Å². The van der Waals surface area contributed by atoms with Gasteiger partial charge in [0.1, 0.15) is 0 Å². The van der Waals surface area contributed by atoms with Gasteiger partial charge >= 0.3 is 0 Å². The predicted molar refractivity (Wildman–Crippen MR) is 75.2 cm³/mol. The minimum atomic E-state index is 0.168. The zero-order valence-electron chi connectivity index (χ0n) is 9.74. The molecule has 0 saturated carbocycles. The lowest BCUT2D eigenvalue weighted by molar-refractivity contribution is 1.03. The minimum absolute atomic E-state index is 0.168. The van der Waals surface area contributed by atoms with Crippen molar-refractivity contribution in [3.8, 4) is 0 Å². The van der Waals surface area contributed by atoms with Gasteiger partial charge in [0, 0.05) is 22.2 Å². The number of nitrogens with one attached hydrogen (secondary N) is 2. The van der Waals surface area contributed by atoms with Gasteiger partial charge in [-0.3, -0.25) is 5.43 Å². The standard InChI is InChI=1S/C12H14N4S/c1-7-11(8(2)15-16-12(13)17)9-5-3-4-6-10(9)14-7/h3-6,14H,1-2H3,(H3,13,16,17). The first-order chi connectivity index (χ1) is 8.09. The molecule has 0 unspecified atom stereocenters. The maximum atomic E-state index is 5.35. The Morgan fingerprint density at radius 2 is 2.12 bits per heavy atom. The van der Waals surface area contributed by atoms with E-state index in [1.807, 2.05) is 32.0 Å². The number of aromatic amines is 1. The molecule has 4 N–H and O–H groups in total. The van der Waals surface area contributed by atoms with Crippen LogP contribution < -0.4 is 11.2 Å². The summed E-state index contributed by atoms with van der Waals surface area (Å²) in [6.07, 6.45) is 0. The Morgan fingerprint density at radius 1 is 1.41 bits per heavy atom. The molecule has 0 saturated heterocycles. The number of hydrazone groups is 1. The zero-order valence-corrected chi connectivity index (χ0v) is 10.6. The maximum absolute atomic E-state index is 5.35. The molecular formula is C12H14N4S. The van der Waals surface area contributed by atoms with Gasteiger partial charge in [-0.25, -0.2) is 0 Å². The number of rotatable bonds is 2. The molecule has 0 atom stereocenters. The smallest absolute Gasteiger partial charge is 0.184 e. The largest absolute Gasteiger partial charge is 0.375 e. The summed E-state index contributed by atoms with van der Waals surface area (Å²) in [6, 6.07) is 8.11. The quantitative estimate of drug-likeness (QED) is 0.431. The van der Waals surface area contributed by atoms with E-state index in [1.165, 1.54) is 0 Å². The molecule has 88 valence electrons. The monoisotopic (exact) mass is 246 g/mol. The third-order valence-electron chi connectivity index (χ3n) is 2.59. The van der Waals surface area contributed by atoms with E-state index in [1.54, 1.807) is 0 Å². The lowest BCUT2D eigenvalue weighted by Gasteiger charge is -2.02. The van der Waals surface area contributed by atoms with Crippen LogP contribution in [0.5, 0.6) is 0 Å². The van der Waals surface area contributed by atoms with Crippen LogP contribution >= 0.6 is 12.2 Å². The summed E-state index contributed by atoms with van der Waals surface area (Å²) in [7, 11) is 0. The van der Waals surface area contributed by atoms with Crippen LogP contribution in [0.25, 0.3) is 10.9 Å². The molecule has 0 aliphatic rings. The molecule has 0 spiro atoms. The van der Waals surface area contributed by atoms with Gasteiger partial charge in [-0.1, -0.05) is 18.2 Å². The Morgan fingerprint density at radius 3 is 2.82 bits per heavy atom. The van der Waals surface area contributed by atoms with Crippen LogP contribution in [-0.4, -0.2) is 15.8 Å². The summed E-state index contributed by atoms with van der Waals surface area (Å²) in [5.74, 6) is 0. The van der Waals surface area contributed by atoms with Crippen molar-refractivity contribution in [1.82, 2.24) is 10.4 Å². The maximum Gasteiger partial charge on any atom is 0.184 e. The van der Waals surface area contributed by atoms with E-state index in [-0.39, 0.29) is 5.11 Å². The Balaban J connectivity index is 2.51. The molecular weight excluding hydrogens is 232 g/mol. The van der Waals surface area contributed by atoms with E-state index < -0.39 is 0 Å². The summed E-state index contributed by atoms with van der Waals surface area (Å²) in [6.45, 7) is 3.95. The number of para-hydroxylation sites is 1. The number of hydrogen-bond donors (Lipinski definition) is 3. The average molecular weight is 246 g/mol. The number of nitrogens with zero attached hydrogens (tertiary/aromatic N) is 1. The molecule has 0 aliphatic heterocycles. The topological polar surface area (TPSA) is 66.2 Å². The van der Waals surface area contributed by atoms with Crippen LogP contribution in [0.1, 0.15) is 18.2 Å². The first-order valence-corrected chi connectivity index (χ1v) is 5.68. The van der Waals surface area contributed by atoms with Crippen molar-refractivity contribution in [3.63, 3.8) is 0 Å². The summed E-state index contributed by atoms with van der Waals surface area (Å²) < 4.78 is 0. The van der Waals surface area contributed by atoms with Gasteiger partial charge in [0.05, 0.1) is 5.71 Å². The van der Waals surface area contributed by atoms with Gasteiger partial charge in [0.15, 0.2) is 5.11 Å². The van der Waals surface area contributed by atoms with Gasteiger partial charge in [-0.15, -0.1) is 0 Å². The Bertz CT molecular complexity index is 598. The van der Waals surface area contributed by atoms with Crippen molar-refractivity contribution in [2.24, 2.45) is 10.8 Å².